The van der Waals surface area contributed by atoms with E-state index in [0.717, 1.165) is 36.5 Å². The lowest BCUT2D eigenvalue weighted by atomic mass is 10.1. The Morgan fingerprint density at radius 3 is 2.73 bits per heavy atom. The van der Waals surface area contributed by atoms with Crippen LogP contribution in [0.25, 0.3) is 0 Å². The van der Waals surface area contributed by atoms with Crippen molar-refractivity contribution in [2.45, 2.75) is 26.2 Å². The lowest BCUT2D eigenvalue weighted by molar-refractivity contribution is 0.0791. The number of amides is 2. The van der Waals surface area contributed by atoms with Crippen LogP contribution >= 0.6 is 23.7 Å². The zero-order valence-electron chi connectivity index (χ0n) is 14.7. The Labute approximate surface area is 163 Å². The lowest BCUT2D eigenvalue weighted by Gasteiger charge is -2.18. The molecule has 0 aliphatic carbocycles. The summed E-state index contributed by atoms with van der Waals surface area (Å²) in [5.74, 6) is -0.238. The van der Waals surface area contributed by atoms with E-state index in [-0.39, 0.29) is 24.2 Å². The summed E-state index contributed by atoms with van der Waals surface area (Å²) in [5.41, 5.74) is 7.96. The van der Waals surface area contributed by atoms with Crippen LogP contribution < -0.4 is 11.1 Å². The summed E-state index contributed by atoms with van der Waals surface area (Å²) >= 11 is 1.43. The summed E-state index contributed by atoms with van der Waals surface area (Å²) in [5, 5.41) is 5.45. The van der Waals surface area contributed by atoms with Crippen molar-refractivity contribution >= 4 is 41.2 Å². The van der Waals surface area contributed by atoms with Crippen LogP contribution in [0.3, 0.4) is 0 Å². The average molecular weight is 395 g/mol. The molecular weight excluding hydrogens is 372 g/mol. The molecule has 3 rings (SSSR count). The highest BCUT2D eigenvalue weighted by Crippen LogP contribution is 2.23. The topological polar surface area (TPSA) is 88.3 Å². The molecule has 0 bridgehead atoms. The summed E-state index contributed by atoms with van der Waals surface area (Å²) in [6.07, 6.45) is 2.77. The largest absolute Gasteiger partial charge is 0.339 e. The fraction of sp³-hybridized carbons (Fsp3) is 0.389. The van der Waals surface area contributed by atoms with Crippen molar-refractivity contribution < 1.29 is 9.59 Å². The van der Waals surface area contributed by atoms with Crippen molar-refractivity contribution in [2.24, 2.45) is 5.73 Å². The summed E-state index contributed by atoms with van der Waals surface area (Å²) < 4.78 is 0. The van der Waals surface area contributed by atoms with Crippen molar-refractivity contribution in [2.75, 3.05) is 25.0 Å². The summed E-state index contributed by atoms with van der Waals surface area (Å²) in [7, 11) is 0. The summed E-state index contributed by atoms with van der Waals surface area (Å²) in [6.45, 7) is 3.98. The van der Waals surface area contributed by atoms with Gasteiger partial charge in [0.05, 0.1) is 5.01 Å². The van der Waals surface area contributed by atoms with Gasteiger partial charge in [-0.3, -0.25) is 9.59 Å². The normalized spacial score (nSPS) is 13.4. The second kappa shape index (κ2) is 9.12. The fourth-order valence-corrected chi connectivity index (χ4v) is 3.73. The maximum atomic E-state index is 12.6. The van der Waals surface area contributed by atoms with Gasteiger partial charge in [0.2, 0.25) is 0 Å². The van der Waals surface area contributed by atoms with Crippen molar-refractivity contribution in [3.63, 3.8) is 0 Å². The third-order valence-corrected chi connectivity index (χ3v) is 5.26. The van der Waals surface area contributed by atoms with Gasteiger partial charge in [-0.25, -0.2) is 4.98 Å². The molecule has 1 saturated heterocycles. The summed E-state index contributed by atoms with van der Waals surface area (Å²) in [6, 6.07) is 5.42. The van der Waals surface area contributed by atoms with Gasteiger partial charge in [0.1, 0.15) is 5.69 Å². The van der Waals surface area contributed by atoms with Crippen molar-refractivity contribution in [3.05, 3.63) is 45.4 Å². The molecule has 1 aromatic carbocycles. The molecule has 0 saturated carbocycles. The van der Waals surface area contributed by atoms with Crippen LogP contribution in [0.4, 0.5) is 5.69 Å². The minimum Gasteiger partial charge on any atom is -0.339 e. The number of hydrogen-bond donors (Lipinski definition) is 2. The van der Waals surface area contributed by atoms with Crippen LogP contribution in [-0.4, -0.2) is 41.3 Å². The third-order valence-electron chi connectivity index (χ3n) is 4.35. The zero-order chi connectivity index (χ0) is 17.8. The van der Waals surface area contributed by atoms with E-state index in [1.165, 1.54) is 11.3 Å². The molecule has 0 atom stereocenters. The predicted octanol–water partition coefficient (Wildman–Crippen LogP) is 2.86. The van der Waals surface area contributed by atoms with Gasteiger partial charge in [0, 0.05) is 36.1 Å². The lowest BCUT2D eigenvalue weighted by Crippen LogP contribution is -2.28. The van der Waals surface area contributed by atoms with Gasteiger partial charge in [-0.15, -0.1) is 23.7 Å². The molecule has 26 heavy (non-hydrogen) atoms. The SMILES string of the molecule is Cc1c(NC(=O)c2csc(CCN)n2)cccc1C(=O)N1CCCC1.Cl. The van der Waals surface area contributed by atoms with Gasteiger partial charge in [-0.1, -0.05) is 6.07 Å². The Kier molecular flexibility index (Phi) is 7.14. The number of hydrogen-bond acceptors (Lipinski definition) is 5. The van der Waals surface area contributed by atoms with E-state index < -0.39 is 0 Å². The number of nitrogens with zero attached hydrogens (tertiary/aromatic N) is 2. The van der Waals surface area contributed by atoms with Gasteiger partial charge >= 0.3 is 0 Å². The number of likely N-dealkylation sites (tertiary alicyclic amines) is 1. The van der Waals surface area contributed by atoms with Crippen LogP contribution in [0.1, 0.15) is 44.3 Å². The number of aromatic nitrogens is 1. The van der Waals surface area contributed by atoms with E-state index in [4.69, 9.17) is 5.73 Å². The van der Waals surface area contributed by atoms with Crippen LogP contribution in [0, 0.1) is 6.92 Å². The molecule has 140 valence electrons. The number of anilines is 1. The van der Waals surface area contributed by atoms with E-state index in [0.29, 0.717) is 29.9 Å². The van der Waals surface area contributed by atoms with Crippen molar-refractivity contribution in [1.29, 1.82) is 0 Å². The second-order valence-corrected chi connectivity index (χ2v) is 7.04. The number of carbonyl (C=O) groups excluding carboxylic acids is 2. The molecule has 1 aromatic heterocycles. The fourth-order valence-electron chi connectivity index (χ4n) is 2.93. The van der Waals surface area contributed by atoms with Crippen LogP contribution in [0.2, 0.25) is 0 Å². The van der Waals surface area contributed by atoms with Crippen LogP contribution in [-0.2, 0) is 6.42 Å². The number of carbonyl (C=O) groups is 2. The number of halogens is 1. The van der Waals surface area contributed by atoms with E-state index >= 15 is 0 Å². The molecule has 1 aliphatic rings. The standard InChI is InChI=1S/C18H22N4O2S.ClH/c1-12-13(18(24)22-9-2-3-10-22)5-4-6-14(12)21-17(23)15-11-25-16(20-15)7-8-19;/h4-6,11H,2-3,7-10,19H2,1H3,(H,21,23);1H. The highest BCUT2D eigenvalue weighted by molar-refractivity contribution is 7.09. The Morgan fingerprint density at radius 1 is 1.31 bits per heavy atom. The smallest absolute Gasteiger partial charge is 0.275 e. The average Bonchev–Trinajstić information content (AvgIpc) is 3.28. The molecule has 3 N–H and O–H groups in total. The Hall–Kier alpha value is -1.96. The van der Waals surface area contributed by atoms with Gasteiger partial charge in [0.15, 0.2) is 0 Å². The maximum absolute atomic E-state index is 12.6. The van der Waals surface area contributed by atoms with E-state index in [1.807, 2.05) is 17.9 Å². The van der Waals surface area contributed by atoms with Gasteiger partial charge in [-0.2, -0.15) is 0 Å². The number of nitrogens with two attached hydrogens (primary N) is 1. The van der Waals surface area contributed by atoms with Crippen LogP contribution in [0.15, 0.2) is 23.6 Å². The van der Waals surface area contributed by atoms with Gasteiger partial charge in [-0.05, 0) is 44.0 Å². The first-order valence-corrected chi connectivity index (χ1v) is 9.33. The maximum Gasteiger partial charge on any atom is 0.275 e. The molecule has 2 aromatic rings. The van der Waals surface area contributed by atoms with Crippen molar-refractivity contribution in [3.8, 4) is 0 Å². The van der Waals surface area contributed by atoms with Gasteiger partial charge in [0.25, 0.3) is 11.8 Å². The first kappa shape index (κ1) is 20.4. The second-order valence-electron chi connectivity index (χ2n) is 6.10. The van der Waals surface area contributed by atoms with Gasteiger partial charge < -0.3 is 16.0 Å². The minimum atomic E-state index is -0.270. The molecule has 0 spiro atoms. The molecule has 2 heterocycles. The van der Waals surface area contributed by atoms with E-state index in [9.17, 15) is 9.59 Å². The van der Waals surface area contributed by atoms with Crippen LogP contribution in [0.5, 0.6) is 0 Å². The minimum absolute atomic E-state index is 0. The monoisotopic (exact) mass is 394 g/mol. The highest BCUT2D eigenvalue weighted by atomic mass is 35.5. The highest BCUT2D eigenvalue weighted by Gasteiger charge is 2.22. The molecule has 6 nitrogen and oxygen atoms in total. The first-order chi connectivity index (χ1) is 12.1. The molecule has 8 heteroatoms. The molecule has 0 radical (unpaired) electrons. The number of thiazole rings is 1. The van der Waals surface area contributed by atoms with E-state index in [2.05, 4.69) is 10.3 Å². The molecule has 1 fully saturated rings. The van der Waals surface area contributed by atoms with E-state index in [1.54, 1.807) is 17.5 Å². The number of benzene rings is 1. The quantitative estimate of drug-likeness (QED) is 0.816. The Morgan fingerprint density at radius 2 is 2.04 bits per heavy atom. The molecular formula is C18H23ClN4O2S. The zero-order valence-corrected chi connectivity index (χ0v) is 16.3. The number of nitrogens with one attached hydrogen (secondary N) is 1. The molecule has 2 amide bonds. The van der Waals surface area contributed by atoms with Crippen molar-refractivity contribution in [1.82, 2.24) is 9.88 Å². The third kappa shape index (κ3) is 4.41. The molecule has 1 aliphatic heterocycles. The summed E-state index contributed by atoms with van der Waals surface area (Å²) in [4.78, 5) is 31.2. The predicted molar refractivity (Wildman–Crippen MR) is 106 cm³/mol. The first-order valence-electron chi connectivity index (χ1n) is 8.45. The number of rotatable bonds is 5. The Balaban J connectivity index is 0.00000243. The molecule has 0 unspecified atom stereocenters. The Bertz CT molecular complexity index is 787.